The first kappa shape index (κ1) is 13.8. The minimum Gasteiger partial charge on any atom is -0.311 e. The molecule has 0 aliphatic heterocycles. The Labute approximate surface area is 115 Å². The minimum absolute atomic E-state index is 0.371. The Morgan fingerprint density at radius 1 is 1.00 bits per heavy atom. The summed E-state index contributed by atoms with van der Waals surface area (Å²) in [7, 11) is -3.53. The van der Waals surface area contributed by atoms with Gasteiger partial charge in [0.2, 0.25) is 0 Å². The van der Waals surface area contributed by atoms with Gasteiger partial charge in [-0.25, -0.2) is 9.86 Å². The summed E-state index contributed by atoms with van der Waals surface area (Å²) in [4.78, 5) is 0. The molecule has 110 valence electrons. The highest BCUT2D eigenvalue weighted by Gasteiger charge is 2.50. The standard InChI is InChI=1S/C13H25N3O2S/c14-19(17,18)16-3-1-2-15-13-7-10-4-11(8-13)6-12(5-10)9-13/h10-12,15-16H,1-9H2,(H2,14,17,18). The summed E-state index contributed by atoms with van der Waals surface area (Å²) in [6.07, 6.45) is 9.17. The van der Waals surface area contributed by atoms with Crippen LogP contribution in [0.4, 0.5) is 0 Å². The molecule has 4 N–H and O–H groups in total. The Balaban J connectivity index is 1.45. The van der Waals surface area contributed by atoms with Crippen LogP contribution >= 0.6 is 0 Å². The summed E-state index contributed by atoms with van der Waals surface area (Å²) in [5, 5.41) is 8.64. The molecule has 4 aliphatic carbocycles. The molecule has 0 atom stereocenters. The molecule has 0 aromatic rings. The van der Waals surface area contributed by atoms with Crippen molar-refractivity contribution < 1.29 is 8.42 Å². The molecule has 0 heterocycles. The molecule has 0 aromatic heterocycles. The lowest BCUT2D eigenvalue weighted by molar-refractivity contribution is -0.0194. The largest absolute Gasteiger partial charge is 0.311 e. The van der Waals surface area contributed by atoms with E-state index in [1.54, 1.807) is 0 Å². The van der Waals surface area contributed by atoms with Gasteiger partial charge in [-0.05, 0) is 69.2 Å². The average molecular weight is 287 g/mol. The third kappa shape index (κ3) is 3.29. The molecular formula is C13H25N3O2S. The lowest BCUT2D eigenvalue weighted by Gasteiger charge is -2.57. The summed E-state index contributed by atoms with van der Waals surface area (Å²) in [5.74, 6) is 2.84. The van der Waals surface area contributed by atoms with Gasteiger partial charge in [-0.1, -0.05) is 0 Å². The maximum Gasteiger partial charge on any atom is 0.274 e. The lowest BCUT2D eigenvalue weighted by Crippen LogP contribution is -2.58. The quantitative estimate of drug-likeness (QED) is 0.630. The zero-order valence-corrected chi connectivity index (χ0v) is 12.2. The molecule has 0 unspecified atom stereocenters. The van der Waals surface area contributed by atoms with Crippen molar-refractivity contribution in [2.45, 2.75) is 50.5 Å². The van der Waals surface area contributed by atoms with Crippen LogP contribution in [0.3, 0.4) is 0 Å². The monoisotopic (exact) mass is 287 g/mol. The van der Waals surface area contributed by atoms with E-state index in [1.807, 2.05) is 0 Å². The second kappa shape index (κ2) is 4.98. The highest BCUT2D eigenvalue weighted by Crippen LogP contribution is 2.55. The van der Waals surface area contributed by atoms with Gasteiger partial charge in [-0.2, -0.15) is 8.42 Å². The van der Waals surface area contributed by atoms with Crippen molar-refractivity contribution in [3.05, 3.63) is 0 Å². The van der Waals surface area contributed by atoms with E-state index in [-0.39, 0.29) is 0 Å². The van der Waals surface area contributed by atoms with Crippen molar-refractivity contribution in [2.24, 2.45) is 22.9 Å². The molecule has 6 heteroatoms. The second-order valence-electron chi connectivity index (χ2n) is 6.92. The summed E-state index contributed by atoms with van der Waals surface area (Å²) in [6, 6.07) is 0. The number of hydrogen-bond donors (Lipinski definition) is 3. The highest BCUT2D eigenvalue weighted by atomic mass is 32.2. The third-order valence-electron chi connectivity index (χ3n) is 5.20. The van der Waals surface area contributed by atoms with Gasteiger partial charge < -0.3 is 5.32 Å². The molecule has 0 amide bonds. The molecule has 0 saturated heterocycles. The third-order valence-corrected chi connectivity index (χ3v) is 5.80. The van der Waals surface area contributed by atoms with Crippen LogP contribution in [0.15, 0.2) is 0 Å². The maximum absolute atomic E-state index is 10.8. The number of hydrogen-bond acceptors (Lipinski definition) is 3. The van der Waals surface area contributed by atoms with E-state index in [0.717, 1.165) is 30.7 Å². The van der Waals surface area contributed by atoms with Gasteiger partial charge >= 0.3 is 0 Å². The molecule has 5 nitrogen and oxygen atoms in total. The first-order chi connectivity index (χ1) is 8.94. The SMILES string of the molecule is NS(=O)(=O)NCCCNC12CC3CC(CC(C3)C1)C2. The van der Waals surface area contributed by atoms with Crippen molar-refractivity contribution in [3.63, 3.8) is 0 Å². The first-order valence-corrected chi connectivity index (χ1v) is 9.01. The first-order valence-electron chi connectivity index (χ1n) is 7.47. The van der Waals surface area contributed by atoms with Crippen molar-refractivity contribution in [3.8, 4) is 0 Å². The summed E-state index contributed by atoms with van der Waals surface area (Å²) in [6.45, 7) is 1.31. The van der Waals surface area contributed by atoms with Crippen molar-refractivity contribution >= 4 is 10.2 Å². The van der Waals surface area contributed by atoms with Crippen LogP contribution in [0, 0.1) is 17.8 Å². The Morgan fingerprint density at radius 2 is 1.53 bits per heavy atom. The van der Waals surface area contributed by atoms with Crippen molar-refractivity contribution in [2.75, 3.05) is 13.1 Å². The fraction of sp³-hybridized carbons (Fsp3) is 1.00. The van der Waals surface area contributed by atoms with E-state index < -0.39 is 10.2 Å². The van der Waals surface area contributed by atoms with Crippen LogP contribution in [0.5, 0.6) is 0 Å². The number of nitrogens with two attached hydrogens (primary N) is 1. The van der Waals surface area contributed by atoms with Crippen molar-refractivity contribution in [1.29, 1.82) is 0 Å². The van der Waals surface area contributed by atoms with Crippen LogP contribution in [-0.4, -0.2) is 27.0 Å². The summed E-state index contributed by atoms with van der Waals surface area (Å²) >= 11 is 0. The van der Waals surface area contributed by atoms with Crippen LogP contribution in [0.2, 0.25) is 0 Å². The fourth-order valence-corrected chi connectivity index (χ4v) is 5.41. The van der Waals surface area contributed by atoms with Gasteiger partial charge in [0.05, 0.1) is 0 Å². The van der Waals surface area contributed by atoms with Crippen LogP contribution in [-0.2, 0) is 10.2 Å². The van der Waals surface area contributed by atoms with Gasteiger partial charge in [0.25, 0.3) is 10.2 Å². The molecule has 0 aromatic carbocycles. The van der Waals surface area contributed by atoms with Crippen LogP contribution in [0.1, 0.15) is 44.9 Å². The lowest BCUT2D eigenvalue weighted by atomic mass is 9.53. The maximum atomic E-state index is 10.8. The topological polar surface area (TPSA) is 84.2 Å². The molecule has 19 heavy (non-hydrogen) atoms. The molecule has 4 bridgehead atoms. The van der Waals surface area contributed by atoms with Crippen LogP contribution < -0.4 is 15.2 Å². The van der Waals surface area contributed by atoms with E-state index in [2.05, 4.69) is 10.0 Å². The smallest absolute Gasteiger partial charge is 0.274 e. The molecule has 4 rings (SSSR count). The van der Waals surface area contributed by atoms with Crippen molar-refractivity contribution in [1.82, 2.24) is 10.0 Å². The zero-order chi connectivity index (χ0) is 13.5. The minimum atomic E-state index is -3.53. The molecule has 4 fully saturated rings. The predicted molar refractivity (Wildman–Crippen MR) is 74.6 cm³/mol. The molecule has 4 saturated carbocycles. The van der Waals surface area contributed by atoms with E-state index in [4.69, 9.17) is 5.14 Å². The highest BCUT2D eigenvalue weighted by molar-refractivity contribution is 7.87. The second-order valence-corrected chi connectivity index (χ2v) is 8.30. The van der Waals surface area contributed by atoms with Gasteiger partial charge in [-0.3, -0.25) is 0 Å². The molecule has 0 radical (unpaired) electrons. The predicted octanol–water partition coefficient (Wildman–Crippen LogP) is 0.728. The summed E-state index contributed by atoms with van der Waals surface area (Å²) in [5.41, 5.74) is 0.371. The normalized spacial score (nSPS) is 40.8. The van der Waals surface area contributed by atoms with Gasteiger partial charge in [0, 0.05) is 12.1 Å². The number of nitrogens with one attached hydrogen (secondary N) is 2. The Morgan fingerprint density at radius 3 is 2.00 bits per heavy atom. The Bertz CT molecular complexity index is 400. The van der Waals surface area contributed by atoms with Crippen LogP contribution in [0.25, 0.3) is 0 Å². The van der Waals surface area contributed by atoms with Gasteiger partial charge in [0.15, 0.2) is 0 Å². The van der Waals surface area contributed by atoms with Gasteiger partial charge in [-0.15, -0.1) is 0 Å². The zero-order valence-electron chi connectivity index (χ0n) is 11.4. The number of rotatable bonds is 6. The van der Waals surface area contributed by atoms with E-state index >= 15 is 0 Å². The van der Waals surface area contributed by atoms with E-state index in [0.29, 0.717) is 12.1 Å². The molecular weight excluding hydrogens is 262 g/mol. The van der Waals surface area contributed by atoms with Gasteiger partial charge in [0.1, 0.15) is 0 Å². The fourth-order valence-electron chi connectivity index (χ4n) is 4.98. The average Bonchev–Trinajstić information content (AvgIpc) is 2.24. The van der Waals surface area contributed by atoms with E-state index in [1.165, 1.54) is 38.5 Å². The van der Waals surface area contributed by atoms with E-state index in [9.17, 15) is 8.42 Å². The Kier molecular flexibility index (Phi) is 3.62. The Hall–Kier alpha value is -0.170. The molecule has 4 aliphatic rings. The molecule has 0 spiro atoms. The summed E-state index contributed by atoms with van der Waals surface area (Å²) < 4.78 is 23.9.